The Labute approximate surface area is 120 Å². The van der Waals surface area contributed by atoms with E-state index in [2.05, 4.69) is 38.3 Å². The predicted octanol–water partition coefficient (Wildman–Crippen LogP) is 4.33. The largest absolute Gasteiger partial charge is 0.369 e. The molecule has 0 amide bonds. The molecule has 0 fully saturated rings. The summed E-state index contributed by atoms with van der Waals surface area (Å²) in [5.41, 5.74) is 4.07. The molecule has 2 aromatic rings. The smallest absolute Gasteiger partial charge is 0.101 e. The van der Waals surface area contributed by atoms with E-state index in [4.69, 9.17) is 0 Å². The number of hydrogen-bond donors (Lipinski definition) is 0. The van der Waals surface area contributed by atoms with Gasteiger partial charge in [0.1, 0.15) is 6.07 Å². The minimum absolute atomic E-state index is 0.729. The third-order valence-corrected chi connectivity index (χ3v) is 4.28. The Kier molecular flexibility index (Phi) is 4.05. The van der Waals surface area contributed by atoms with Crippen molar-refractivity contribution in [3.63, 3.8) is 0 Å². The van der Waals surface area contributed by atoms with Gasteiger partial charge in [-0.3, -0.25) is 0 Å². The Morgan fingerprint density at radius 1 is 1.39 bits per heavy atom. The molecule has 0 radical (unpaired) electrons. The number of halogens is 1. The van der Waals surface area contributed by atoms with Crippen LogP contribution < -0.4 is 4.90 Å². The standard InChI is InChI=1S/C14H13BrN2S/c1-10-3-4-13(12(5-10)7-16)17(2)8-11-6-14(15)18-9-11/h3-6,9H,8H2,1-2H3. The Hall–Kier alpha value is -1.31. The lowest BCUT2D eigenvalue weighted by molar-refractivity contribution is 0.924. The van der Waals surface area contributed by atoms with Crippen molar-refractivity contribution in [3.8, 4) is 6.07 Å². The third kappa shape index (κ3) is 2.92. The van der Waals surface area contributed by atoms with E-state index in [1.54, 1.807) is 11.3 Å². The molecule has 0 saturated heterocycles. The molecule has 0 spiro atoms. The van der Waals surface area contributed by atoms with Crippen molar-refractivity contribution < 1.29 is 0 Å². The molecular formula is C14H13BrN2S. The molecule has 1 heterocycles. The highest BCUT2D eigenvalue weighted by molar-refractivity contribution is 9.11. The van der Waals surface area contributed by atoms with Crippen LogP contribution in [0.4, 0.5) is 5.69 Å². The SMILES string of the molecule is Cc1ccc(N(C)Cc2csc(Br)c2)c(C#N)c1. The lowest BCUT2D eigenvalue weighted by atomic mass is 10.1. The summed E-state index contributed by atoms with van der Waals surface area (Å²) in [4.78, 5) is 2.10. The normalized spacial score (nSPS) is 10.1. The first-order chi connectivity index (χ1) is 8.60. The maximum absolute atomic E-state index is 9.18. The summed E-state index contributed by atoms with van der Waals surface area (Å²) in [6, 6.07) is 10.3. The molecule has 0 unspecified atom stereocenters. The molecule has 1 aromatic carbocycles. The van der Waals surface area contributed by atoms with Crippen LogP contribution in [0.15, 0.2) is 33.4 Å². The zero-order chi connectivity index (χ0) is 13.1. The second kappa shape index (κ2) is 5.55. The first-order valence-electron chi connectivity index (χ1n) is 5.55. The molecule has 92 valence electrons. The van der Waals surface area contributed by atoms with Crippen LogP contribution in [0.2, 0.25) is 0 Å². The Bertz CT molecular complexity index is 598. The van der Waals surface area contributed by atoms with E-state index in [0.717, 1.165) is 27.1 Å². The van der Waals surface area contributed by atoms with Crippen LogP contribution in [0.3, 0.4) is 0 Å². The van der Waals surface area contributed by atoms with Crippen LogP contribution in [0, 0.1) is 18.3 Å². The molecule has 0 atom stereocenters. The number of anilines is 1. The molecule has 2 rings (SSSR count). The van der Waals surface area contributed by atoms with Gasteiger partial charge in [0, 0.05) is 13.6 Å². The van der Waals surface area contributed by atoms with E-state index in [9.17, 15) is 5.26 Å². The van der Waals surface area contributed by atoms with Crippen molar-refractivity contribution in [2.24, 2.45) is 0 Å². The van der Waals surface area contributed by atoms with Crippen molar-refractivity contribution in [1.29, 1.82) is 5.26 Å². The highest BCUT2D eigenvalue weighted by Gasteiger charge is 2.09. The molecule has 1 aromatic heterocycles. The fraction of sp³-hybridized carbons (Fsp3) is 0.214. The number of nitrogens with zero attached hydrogens (tertiary/aromatic N) is 2. The molecule has 0 aliphatic carbocycles. The zero-order valence-corrected chi connectivity index (χ0v) is 12.7. The second-order valence-electron chi connectivity index (χ2n) is 4.25. The average molecular weight is 321 g/mol. The van der Waals surface area contributed by atoms with Gasteiger partial charge in [-0.1, -0.05) is 6.07 Å². The molecule has 2 nitrogen and oxygen atoms in total. The Balaban J connectivity index is 2.24. The van der Waals surface area contributed by atoms with Crippen LogP contribution in [0.5, 0.6) is 0 Å². The predicted molar refractivity (Wildman–Crippen MR) is 80.0 cm³/mol. The summed E-state index contributed by atoms with van der Waals surface area (Å²) in [5, 5.41) is 11.3. The van der Waals surface area contributed by atoms with Crippen molar-refractivity contribution in [3.05, 3.63) is 50.1 Å². The van der Waals surface area contributed by atoms with Gasteiger partial charge in [0.15, 0.2) is 0 Å². The monoisotopic (exact) mass is 320 g/mol. The van der Waals surface area contributed by atoms with Gasteiger partial charge in [-0.25, -0.2) is 0 Å². The number of aryl methyl sites for hydroxylation is 1. The van der Waals surface area contributed by atoms with E-state index < -0.39 is 0 Å². The number of nitriles is 1. The first-order valence-corrected chi connectivity index (χ1v) is 7.22. The van der Waals surface area contributed by atoms with Crippen molar-refractivity contribution in [2.75, 3.05) is 11.9 Å². The number of thiophene rings is 1. The summed E-state index contributed by atoms with van der Waals surface area (Å²) >= 11 is 5.14. The Morgan fingerprint density at radius 3 is 2.78 bits per heavy atom. The van der Waals surface area contributed by atoms with E-state index in [-0.39, 0.29) is 0 Å². The number of benzene rings is 1. The summed E-state index contributed by atoms with van der Waals surface area (Å²) < 4.78 is 1.13. The molecule has 0 aliphatic heterocycles. The fourth-order valence-electron chi connectivity index (χ4n) is 1.86. The van der Waals surface area contributed by atoms with E-state index >= 15 is 0 Å². The molecule has 0 N–H and O–H groups in total. The Morgan fingerprint density at radius 2 is 2.17 bits per heavy atom. The van der Waals surface area contributed by atoms with E-state index in [1.165, 1.54) is 5.56 Å². The van der Waals surface area contributed by atoms with E-state index in [1.807, 2.05) is 32.2 Å². The van der Waals surface area contributed by atoms with Crippen molar-refractivity contribution in [1.82, 2.24) is 0 Å². The lowest BCUT2D eigenvalue weighted by Crippen LogP contribution is -2.17. The van der Waals surface area contributed by atoms with Gasteiger partial charge in [-0.15, -0.1) is 11.3 Å². The van der Waals surface area contributed by atoms with Crippen LogP contribution in [-0.4, -0.2) is 7.05 Å². The van der Waals surface area contributed by atoms with Crippen LogP contribution in [0.1, 0.15) is 16.7 Å². The summed E-state index contributed by atoms with van der Waals surface area (Å²) in [7, 11) is 2.01. The maximum atomic E-state index is 9.18. The van der Waals surface area contributed by atoms with Crippen molar-refractivity contribution >= 4 is 33.0 Å². The van der Waals surface area contributed by atoms with Gasteiger partial charge in [0.25, 0.3) is 0 Å². The van der Waals surface area contributed by atoms with Crippen LogP contribution in [0.25, 0.3) is 0 Å². The molecule has 0 bridgehead atoms. The topological polar surface area (TPSA) is 27.0 Å². The van der Waals surface area contributed by atoms with Gasteiger partial charge < -0.3 is 4.90 Å². The summed E-state index contributed by atoms with van der Waals surface area (Å²) in [6.07, 6.45) is 0. The molecule has 0 aliphatic rings. The molecular weight excluding hydrogens is 308 g/mol. The average Bonchev–Trinajstić information content (AvgIpc) is 2.74. The minimum Gasteiger partial charge on any atom is -0.369 e. The second-order valence-corrected chi connectivity index (χ2v) is 6.54. The van der Waals surface area contributed by atoms with Crippen LogP contribution >= 0.6 is 27.3 Å². The van der Waals surface area contributed by atoms with Gasteiger partial charge >= 0.3 is 0 Å². The first kappa shape index (κ1) is 13.1. The summed E-state index contributed by atoms with van der Waals surface area (Å²) in [5.74, 6) is 0. The lowest BCUT2D eigenvalue weighted by Gasteiger charge is -2.20. The van der Waals surface area contributed by atoms with Gasteiger partial charge in [0.2, 0.25) is 0 Å². The van der Waals surface area contributed by atoms with Gasteiger partial charge in [-0.05, 0) is 57.6 Å². The summed E-state index contributed by atoms with van der Waals surface area (Å²) in [6.45, 7) is 2.81. The number of rotatable bonds is 3. The third-order valence-electron chi connectivity index (χ3n) is 2.73. The molecule has 4 heteroatoms. The highest BCUT2D eigenvalue weighted by atomic mass is 79.9. The molecule has 18 heavy (non-hydrogen) atoms. The van der Waals surface area contributed by atoms with Gasteiger partial charge in [-0.2, -0.15) is 5.26 Å². The maximum Gasteiger partial charge on any atom is 0.101 e. The van der Waals surface area contributed by atoms with Crippen LogP contribution in [-0.2, 0) is 6.54 Å². The van der Waals surface area contributed by atoms with Crippen molar-refractivity contribution in [2.45, 2.75) is 13.5 Å². The minimum atomic E-state index is 0.729. The van der Waals surface area contributed by atoms with E-state index in [0.29, 0.717) is 0 Å². The fourth-order valence-corrected chi connectivity index (χ4v) is 3.06. The quantitative estimate of drug-likeness (QED) is 0.841. The van der Waals surface area contributed by atoms with Gasteiger partial charge in [0.05, 0.1) is 15.0 Å². The zero-order valence-electron chi connectivity index (χ0n) is 10.3. The number of hydrogen-bond acceptors (Lipinski definition) is 3. The highest BCUT2D eigenvalue weighted by Crippen LogP contribution is 2.25. The molecule has 0 saturated carbocycles.